The highest BCUT2D eigenvalue weighted by Crippen LogP contribution is 2.63. The van der Waals surface area contributed by atoms with E-state index < -0.39 is 13.2 Å². The number of nitrogens with one attached hydrogen (secondary N) is 1. The van der Waals surface area contributed by atoms with E-state index in [4.69, 9.17) is 14.0 Å². The number of anilines is 2. The first-order valence-electron chi connectivity index (χ1n) is 14.3. The van der Waals surface area contributed by atoms with Crippen molar-refractivity contribution in [3.63, 3.8) is 0 Å². The lowest BCUT2D eigenvalue weighted by atomic mass is 9.75. The van der Waals surface area contributed by atoms with Crippen LogP contribution in [-0.4, -0.2) is 34.4 Å². The number of hydrogen-bond donors (Lipinski definition) is 1. The molecule has 0 bridgehead atoms. The summed E-state index contributed by atoms with van der Waals surface area (Å²) in [7, 11) is 3.65. The Bertz CT molecular complexity index is 1280. The van der Waals surface area contributed by atoms with E-state index in [0.29, 0.717) is 34.6 Å². The van der Waals surface area contributed by atoms with E-state index in [1.54, 1.807) is 14.2 Å². The van der Waals surface area contributed by atoms with Crippen molar-refractivity contribution in [2.75, 3.05) is 38.5 Å². The summed E-state index contributed by atoms with van der Waals surface area (Å²) in [5.41, 5.74) is 2.62. The second kappa shape index (κ2) is 13.1. The summed E-state index contributed by atoms with van der Waals surface area (Å²) in [6.45, 7) is 6.77. The van der Waals surface area contributed by atoms with Crippen LogP contribution in [0.2, 0.25) is 0 Å². The molecule has 4 rings (SSSR count). The van der Waals surface area contributed by atoms with Crippen molar-refractivity contribution in [2.45, 2.75) is 51.9 Å². The van der Waals surface area contributed by atoms with Gasteiger partial charge in [-0.05, 0) is 85.2 Å². The van der Waals surface area contributed by atoms with Crippen molar-refractivity contribution < 1.29 is 18.6 Å². The summed E-state index contributed by atoms with van der Waals surface area (Å²) in [6.07, 6.45) is 3.00. The molecule has 6 nitrogen and oxygen atoms in total. The van der Waals surface area contributed by atoms with Gasteiger partial charge in [-0.15, -0.1) is 0 Å². The van der Waals surface area contributed by atoms with Crippen LogP contribution in [0.25, 0.3) is 0 Å². The lowest BCUT2D eigenvalue weighted by molar-refractivity contribution is 0.0488. The van der Waals surface area contributed by atoms with Crippen LogP contribution in [-0.2, 0) is 9.09 Å². The molecule has 5 atom stereocenters. The van der Waals surface area contributed by atoms with E-state index in [9.17, 15) is 0 Å². The van der Waals surface area contributed by atoms with E-state index in [1.165, 1.54) is 6.42 Å². The largest absolute Gasteiger partial charge is 0.497 e. The molecular weight excluding hydrogens is 519 g/mol. The van der Waals surface area contributed by atoms with Crippen LogP contribution in [0.3, 0.4) is 0 Å². The summed E-state index contributed by atoms with van der Waals surface area (Å²) in [4.78, 5) is 2.04. The van der Waals surface area contributed by atoms with Crippen LogP contribution < -0.4 is 25.0 Å². The molecule has 1 saturated carbocycles. The molecule has 0 heterocycles. The van der Waals surface area contributed by atoms with Crippen molar-refractivity contribution in [1.29, 1.82) is 0 Å². The number of methoxy groups -OCH3 is 2. The molecule has 1 fully saturated rings. The van der Waals surface area contributed by atoms with Crippen LogP contribution in [0, 0.1) is 17.8 Å². The van der Waals surface area contributed by atoms with E-state index >= 15 is 4.57 Å². The average Bonchev–Trinajstić information content (AvgIpc) is 2.96. The Labute approximate surface area is 240 Å². The van der Waals surface area contributed by atoms with Gasteiger partial charge < -0.3 is 24.2 Å². The SMILES string of the molecule is COc1ccc(OC)c([C@H](Nc2ccccc2)[P@](=O)(O[C@@H]2C[C@@H](C)CC[C@H]2C(C)C)c2ccc(N(C)C)cc2)c1. The van der Waals surface area contributed by atoms with Gasteiger partial charge in [0.1, 0.15) is 17.3 Å². The summed E-state index contributed by atoms with van der Waals surface area (Å²) >= 11 is 0. The first-order valence-corrected chi connectivity index (χ1v) is 15.9. The van der Waals surface area contributed by atoms with E-state index in [0.717, 1.165) is 29.8 Å². The van der Waals surface area contributed by atoms with E-state index in [2.05, 4.69) is 26.1 Å². The van der Waals surface area contributed by atoms with Crippen molar-refractivity contribution in [3.8, 4) is 11.5 Å². The number of nitrogens with zero attached hydrogens (tertiary/aromatic N) is 1. The monoisotopic (exact) mass is 564 g/mol. The smallest absolute Gasteiger partial charge is 0.258 e. The molecular formula is C33H45N2O4P. The Balaban J connectivity index is 1.93. The molecule has 7 heteroatoms. The maximum absolute atomic E-state index is 15.8. The zero-order valence-corrected chi connectivity index (χ0v) is 25.9. The Morgan fingerprint density at radius 2 is 1.62 bits per heavy atom. The minimum Gasteiger partial charge on any atom is -0.497 e. The highest BCUT2D eigenvalue weighted by molar-refractivity contribution is 7.67. The maximum Gasteiger partial charge on any atom is 0.258 e. The number of hydrogen-bond acceptors (Lipinski definition) is 6. The zero-order chi connectivity index (χ0) is 28.9. The van der Waals surface area contributed by atoms with Crippen LogP contribution in [0.1, 0.15) is 51.4 Å². The Kier molecular flexibility index (Phi) is 9.86. The topological polar surface area (TPSA) is 60.0 Å². The average molecular weight is 565 g/mol. The fraction of sp³-hybridized carbons (Fsp3) is 0.455. The van der Waals surface area contributed by atoms with Gasteiger partial charge in [-0.25, -0.2) is 0 Å². The maximum atomic E-state index is 15.8. The fourth-order valence-corrected chi connectivity index (χ4v) is 8.40. The highest BCUT2D eigenvalue weighted by atomic mass is 31.2. The zero-order valence-electron chi connectivity index (χ0n) is 25.0. The van der Waals surface area contributed by atoms with Gasteiger partial charge >= 0.3 is 0 Å². The lowest BCUT2D eigenvalue weighted by Gasteiger charge is -2.41. The predicted octanol–water partition coefficient (Wildman–Crippen LogP) is 7.96. The molecule has 1 N–H and O–H groups in total. The number of rotatable bonds is 11. The van der Waals surface area contributed by atoms with Crippen LogP contribution in [0.5, 0.6) is 11.5 Å². The molecule has 0 aliphatic heterocycles. The van der Waals surface area contributed by atoms with Crippen molar-refractivity contribution in [3.05, 3.63) is 78.4 Å². The third-order valence-corrected chi connectivity index (χ3v) is 10.8. The summed E-state index contributed by atoms with van der Waals surface area (Å²) in [5.74, 6) is 1.84. The van der Waals surface area contributed by atoms with Crippen LogP contribution >= 0.6 is 7.37 Å². The van der Waals surface area contributed by atoms with Crippen molar-refractivity contribution in [2.24, 2.45) is 17.8 Å². The first kappa shape index (κ1) is 30.0. The minimum atomic E-state index is -3.63. The van der Waals surface area contributed by atoms with Crippen molar-refractivity contribution >= 4 is 24.0 Å². The third-order valence-electron chi connectivity index (χ3n) is 8.13. The molecule has 0 saturated heterocycles. The van der Waals surface area contributed by atoms with Gasteiger partial charge in [-0.3, -0.25) is 4.57 Å². The Morgan fingerprint density at radius 1 is 0.925 bits per heavy atom. The molecule has 0 amide bonds. The lowest BCUT2D eigenvalue weighted by Crippen LogP contribution is -2.36. The molecule has 0 spiro atoms. The van der Waals surface area contributed by atoms with Gasteiger partial charge in [-0.1, -0.05) is 45.4 Å². The van der Waals surface area contributed by atoms with Gasteiger partial charge in [0.2, 0.25) is 0 Å². The van der Waals surface area contributed by atoms with E-state index in [-0.39, 0.29) is 6.10 Å². The second-order valence-corrected chi connectivity index (χ2v) is 13.9. The fourth-order valence-electron chi connectivity index (χ4n) is 5.76. The molecule has 40 heavy (non-hydrogen) atoms. The number of benzene rings is 3. The standard InChI is InChI=1S/C33H45N2O4P/c1-23(2)29-19-13-24(3)21-32(29)39-40(36,28-17-14-26(15-18-28)35(4)5)33(34-25-11-9-8-10-12-25)30-22-27(37-6)16-20-31(30)38-7/h8-12,14-18,20,22-24,29,32-34H,13,19,21H2,1-7H3/t24-,29-,32+,33+,40+/m0/s1. The van der Waals surface area contributed by atoms with E-state index in [1.807, 2.05) is 91.8 Å². The molecule has 216 valence electrons. The minimum absolute atomic E-state index is 0.125. The Morgan fingerprint density at radius 3 is 2.23 bits per heavy atom. The first-order chi connectivity index (χ1) is 19.2. The summed E-state index contributed by atoms with van der Waals surface area (Å²) in [5, 5.41) is 4.29. The van der Waals surface area contributed by atoms with Crippen LogP contribution in [0.4, 0.5) is 11.4 Å². The molecule has 3 aromatic rings. The van der Waals surface area contributed by atoms with Gasteiger partial charge in [-0.2, -0.15) is 0 Å². The normalized spacial score (nSPS) is 21.4. The van der Waals surface area contributed by atoms with Gasteiger partial charge in [0.15, 0.2) is 0 Å². The molecule has 0 unspecified atom stereocenters. The summed E-state index contributed by atoms with van der Waals surface area (Å²) < 4.78 is 34.3. The molecule has 3 aromatic carbocycles. The predicted molar refractivity (Wildman–Crippen MR) is 167 cm³/mol. The molecule has 1 aliphatic carbocycles. The summed E-state index contributed by atoms with van der Waals surface area (Å²) in [6, 6.07) is 23.5. The van der Waals surface area contributed by atoms with Crippen molar-refractivity contribution in [1.82, 2.24) is 0 Å². The Hall–Kier alpha value is -2.95. The van der Waals surface area contributed by atoms with Gasteiger partial charge in [0.25, 0.3) is 7.37 Å². The third kappa shape index (κ3) is 6.67. The van der Waals surface area contributed by atoms with Gasteiger partial charge in [0.05, 0.1) is 20.3 Å². The molecule has 1 aliphatic rings. The molecule has 0 radical (unpaired) electrons. The number of para-hydroxylation sites is 1. The second-order valence-electron chi connectivity index (χ2n) is 11.5. The quantitative estimate of drug-likeness (QED) is 0.239. The highest BCUT2D eigenvalue weighted by Gasteiger charge is 2.44. The van der Waals surface area contributed by atoms with Crippen LogP contribution in [0.15, 0.2) is 72.8 Å². The number of ether oxygens (including phenoxy) is 2. The van der Waals surface area contributed by atoms with Gasteiger partial charge in [0, 0.05) is 36.3 Å². The molecule has 0 aromatic heterocycles.